The molecule has 1 atom stereocenters. The molecule has 0 radical (unpaired) electrons. The third-order valence-electron chi connectivity index (χ3n) is 4.00. The lowest BCUT2D eigenvalue weighted by molar-refractivity contribution is -0.142. The van der Waals surface area contributed by atoms with Crippen LogP contribution in [-0.4, -0.2) is 19.6 Å². The Morgan fingerprint density at radius 3 is 2.57 bits per heavy atom. The van der Waals surface area contributed by atoms with Gasteiger partial charge in [-0.15, -0.1) is 0 Å². The number of benzene rings is 2. The Labute approximate surface area is 125 Å². The molecule has 0 spiro atoms. The second-order valence-electron chi connectivity index (χ2n) is 5.26. The van der Waals surface area contributed by atoms with Gasteiger partial charge in [0.25, 0.3) is 0 Å². The zero-order chi connectivity index (χ0) is 14.7. The van der Waals surface area contributed by atoms with Crippen LogP contribution in [0, 0.1) is 0 Å². The van der Waals surface area contributed by atoms with E-state index in [1.54, 1.807) is 0 Å². The molecule has 0 aromatic heterocycles. The van der Waals surface area contributed by atoms with Gasteiger partial charge in [-0.05, 0) is 30.0 Å². The van der Waals surface area contributed by atoms with Crippen LogP contribution < -0.4 is 4.90 Å². The summed E-state index contributed by atoms with van der Waals surface area (Å²) in [6, 6.07) is 17.8. The molecule has 0 fully saturated rings. The first kappa shape index (κ1) is 13.7. The van der Waals surface area contributed by atoms with Gasteiger partial charge in [0.05, 0.1) is 7.11 Å². The molecule has 0 saturated carbocycles. The Bertz CT molecular complexity index is 624. The minimum absolute atomic E-state index is 0.210. The maximum atomic E-state index is 12.4. The zero-order valence-electron chi connectivity index (χ0n) is 12.2. The highest BCUT2D eigenvalue weighted by Crippen LogP contribution is 2.34. The molecule has 0 aliphatic carbocycles. The van der Waals surface area contributed by atoms with E-state index in [2.05, 4.69) is 23.1 Å². The van der Waals surface area contributed by atoms with Crippen LogP contribution in [0.4, 0.5) is 5.69 Å². The van der Waals surface area contributed by atoms with E-state index in [9.17, 15) is 4.79 Å². The Morgan fingerprint density at radius 2 is 1.81 bits per heavy atom. The van der Waals surface area contributed by atoms with Crippen molar-refractivity contribution in [2.45, 2.75) is 18.9 Å². The third kappa shape index (κ3) is 2.64. The Hall–Kier alpha value is -2.29. The Balaban J connectivity index is 2.04. The number of esters is 1. The van der Waals surface area contributed by atoms with E-state index in [4.69, 9.17) is 4.74 Å². The lowest BCUT2D eigenvalue weighted by Gasteiger charge is -2.36. The van der Waals surface area contributed by atoms with Gasteiger partial charge in [0.1, 0.15) is 0 Å². The monoisotopic (exact) mass is 281 g/mol. The molecule has 0 N–H and O–H groups in total. The first-order valence-corrected chi connectivity index (χ1v) is 7.28. The average molecular weight is 281 g/mol. The van der Waals surface area contributed by atoms with E-state index in [1.165, 1.54) is 12.7 Å². The van der Waals surface area contributed by atoms with E-state index in [0.29, 0.717) is 0 Å². The van der Waals surface area contributed by atoms with Gasteiger partial charge in [-0.3, -0.25) is 0 Å². The lowest BCUT2D eigenvalue weighted by Crippen LogP contribution is -2.38. The summed E-state index contributed by atoms with van der Waals surface area (Å²) in [5, 5.41) is 0. The molecule has 3 rings (SSSR count). The van der Waals surface area contributed by atoms with Crippen LogP contribution in [0.2, 0.25) is 0 Å². The van der Waals surface area contributed by atoms with E-state index in [1.807, 2.05) is 36.4 Å². The lowest BCUT2D eigenvalue weighted by atomic mass is 9.97. The number of hydrogen-bond donors (Lipinski definition) is 0. The Kier molecular flexibility index (Phi) is 3.91. The largest absolute Gasteiger partial charge is 0.467 e. The molecule has 0 saturated heterocycles. The SMILES string of the molecule is COC(=O)C(c1ccccc1)N1CCCc2ccccc21. The van der Waals surface area contributed by atoms with Crippen molar-refractivity contribution in [1.29, 1.82) is 0 Å². The molecule has 21 heavy (non-hydrogen) atoms. The number of methoxy groups -OCH3 is 1. The smallest absolute Gasteiger partial charge is 0.333 e. The fraction of sp³-hybridized carbons (Fsp3) is 0.278. The number of nitrogens with zero attached hydrogens (tertiary/aromatic N) is 1. The third-order valence-corrected chi connectivity index (χ3v) is 4.00. The van der Waals surface area contributed by atoms with E-state index in [-0.39, 0.29) is 12.0 Å². The highest BCUT2D eigenvalue weighted by Gasteiger charge is 2.31. The number of ether oxygens (including phenoxy) is 1. The zero-order valence-corrected chi connectivity index (χ0v) is 12.2. The van der Waals surface area contributed by atoms with Crippen molar-refractivity contribution in [2.24, 2.45) is 0 Å². The number of rotatable bonds is 3. The highest BCUT2D eigenvalue weighted by molar-refractivity contribution is 5.82. The molecule has 2 aromatic carbocycles. The molecule has 2 aromatic rings. The second kappa shape index (κ2) is 6.00. The van der Waals surface area contributed by atoms with Gasteiger partial charge >= 0.3 is 5.97 Å². The number of carbonyl (C=O) groups is 1. The molecule has 1 heterocycles. The number of aryl methyl sites for hydroxylation is 1. The summed E-state index contributed by atoms with van der Waals surface area (Å²) in [7, 11) is 1.45. The molecule has 1 aliphatic heterocycles. The van der Waals surface area contributed by atoms with Gasteiger partial charge in [-0.25, -0.2) is 4.79 Å². The molecule has 108 valence electrons. The molecule has 3 nitrogen and oxygen atoms in total. The van der Waals surface area contributed by atoms with Crippen LogP contribution in [0.25, 0.3) is 0 Å². The summed E-state index contributed by atoms with van der Waals surface area (Å²) in [5.41, 5.74) is 3.41. The number of carbonyl (C=O) groups excluding carboxylic acids is 1. The van der Waals surface area contributed by atoms with Gasteiger partial charge in [-0.1, -0.05) is 48.5 Å². The number of anilines is 1. The molecular weight excluding hydrogens is 262 g/mol. The van der Waals surface area contributed by atoms with Gasteiger partial charge in [0.2, 0.25) is 0 Å². The fourth-order valence-corrected chi connectivity index (χ4v) is 3.02. The van der Waals surface area contributed by atoms with Crippen molar-refractivity contribution < 1.29 is 9.53 Å². The van der Waals surface area contributed by atoms with Crippen molar-refractivity contribution in [3.8, 4) is 0 Å². The average Bonchev–Trinajstić information content (AvgIpc) is 2.56. The van der Waals surface area contributed by atoms with Gasteiger partial charge in [0, 0.05) is 12.2 Å². The van der Waals surface area contributed by atoms with E-state index < -0.39 is 0 Å². The summed E-state index contributed by atoms with van der Waals surface area (Å²) in [4.78, 5) is 14.5. The van der Waals surface area contributed by atoms with Gasteiger partial charge < -0.3 is 9.64 Å². The minimum Gasteiger partial charge on any atom is -0.467 e. The van der Waals surface area contributed by atoms with Crippen LogP contribution in [0.15, 0.2) is 54.6 Å². The van der Waals surface area contributed by atoms with Crippen molar-refractivity contribution in [3.05, 3.63) is 65.7 Å². The predicted octanol–water partition coefficient (Wildman–Crippen LogP) is 3.35. The number of hydrogen-bond acceptors (Lipinski definition) is 3. The topological polar surface area (TPSA) is 29.5 Å². The van der Waals surface area contributed by atoms with E-state index >= 15 is 0 Å². The summed E-state index contributed by atoms with van der Waals surface area (Å²) >= 11 is 0. The van der Waals surface area contributed by atoms with Crippen LogP contribution in [0.5, 0.6) is 0 Å². The molecule has 1 unspecified atom stereocenters. The van der Waals surface area contributed by atoms with Crippen molar-refractivity contribution >= 4 is 11.7 Å². The first-order chi connectivity index (χ1) is 10.3. The fourth-order valence-electron chi connectivity index (χ4n) is 3.02. The number of fused-ring (bicyclic) bond motifs is 1. The van der Waals surface area contributed by atoms with Gasteiger partial charge in [0.15, 0.2) is 6.04 Å². The van der Waals surface area contributed by atoms with Crippen molar-refractivity contribution in [1.82, 2.24) is 0 Å². The minimum atomic E-state index is -0.377. The standard InChI is InChI=1S/C18H19NO2/c1-21-18(20)17(15-9-3-2-4-10-15)19-13-7-11-14-8-5-6-12-16(14)19/h2-6,8-10,12,17H,7,11,13H2,1H3. The van der Waals surface area contributed by atoms with E-state index in [0.717, 1.165) is 30.6 Å². The predicted molar refractivity (Wildman–Crippen MR) is 83.3 cm³/mol. The summed E-state index contributed by atoms with van der Waals surface area (Å²) < 4.78 is 5.05. The second-order valence-corrected chi connectivity index (χ2v) is 5.26. The van der Waals surface area contributed by atoms with Crippen LogP contribution >= 0.6 is 0 Å². The molecule has 1 aliphatic rings. The Morgan fingerprint density at radius 1 is 1.10 bits per heavy atom. The molecular formula is C18H19NO2. The molecule has 3 heteroatoms. The summed E-state index contributed by atoms with van der Waals surface area (Å²) in [6.07, 6.45) is 2.12. The van der Waals surface area contributed by atoms with Crippen LogP contribution in [0.3, 0.4) is 0 Å². The quantitative estimate of drug-likeness (QED) is 0.808. The molecule has 0 amide bonds. The maximum Gasteiger partial charge on any atom is 0.333 e. The normalized spacial score (nSPS) is 15.2. The maximum absolute atomic E-state index is 12.4. The first-order valence-electron chi connectivity index (χ1n) is 7.28. The molecule has 0 bridgehead atoms. The van der Waals surface area contributed by atoms with Crippen LogP contribution in [0.1, 0.15) is 23.6 Å². The van der Waals surface area contributed by atoms with Crippen molar-refractivity contribution in [3.63, 3.8) is 0 Å². The number of para-hydroxylation sites is 1. The van der Waals surface area contributed by atoms with Crippen LogP contribution in [-0.2, 0) is 16.0 Å². The highest BCUT2D eigenvalue weighted by atomic mass is 16.5. The van der Waals surface area contributed by atoms with Gasteiger partial charge in [-0.2, -0.15) is 0 Å². The summed E-state index contributed by atoms with van der Waals surface area (Å²) in [5.74, 6) is -0.210. The summed E-state index contributed by atoms with van der Waals surface area (Å²) in [6.45, 7) is 0.867. The van der Waals surface area contributed by atoms with Crippen molar-refractivity contribution in [2.75, 3.05) is 18.6 Å².